The summed E-state index contributed by atoms with van der Waals surface area (Å²) in [5, 5.41) is 13.1. The molecule has 0 heterocycles. The molecule has 7 heteroatoms. The highest BCUT2D eigenvalue weighted by Gasteiger charge is 2.10. The molecule has 17 heavy (non-hydrogen) atoms. The minimum Gasteiger partial charge on any atom is -0.496 e. The van der Waals surface area contributed by atoms with Gasteiger partial charge in [-0.3, -0.25) is 10.1 Å². The predicted molar refractivity (Wildman–Crippen MR) is 57.4 cm³/mol. The zero-order valence-corrected chi connectivity index (χ0v) is 9.15. The maximum Gasteiger partial charge on any atom is 0.273 e. The molecule has 1 N–H and O–H groups in total. The van der Waals surface area contributed by atoms with Gasteiger partial charge in [-0.25, -0.2) is 8.78 Å². The van der Waals surface area contributed by atoms with Crippen molar-refractivity contribution in [3.63, 3.8) is 0 Å². The van der Waals surface area contributed by atoms with E-state index >= 15 is 0 Å². The number of methoxy groups -OCH3 is 1. The highest BCUT2D eigenvalue weighted by atomic mass is 19.3. The first-order valence-corrected chi connectivity index (χ1v) is 4.84. The van der Waals surface area contributed by atoms with Crippen LogP contribution in [0.2, 0.25) is 0 Å². The van der Waals surface area contributed by atoms with E-state index in [4.69, 9.17) is 4.74 Å². The van der Waals surface area contributed by atoms with Crippen LogP contribution in [-0.4, -0.2) is 25.0 Å². The van der Waals surface area contributed by atoms with Crippen LogP contribution < -0.4 is 10.1 Å². The van der Waals surface area contributed by atoms with Gasteiger partial charge in [-0.1, -0.05) is 0 Å². The van der Waals surface area contributed by atoms with Gasteiger partial charge in [0.2, 0.25) is 0 Å². The molecular weight excluding hydrogens is 234 g/mol. The minimum atomic E-state index is -2.45. The maximum absolute atomic E-state index is 11.9. The lowest BCUT2D eigenvalue weighted by molar-refractivity contribution is -0.385. The van der Waals surface area contributed by atoms with Crippen LogP contribution in [0.1, 0.15) is 5.56 Å². The number of benzene rings is 1. The summed E-state index contributed by atoms with van der Waals surface area (Å²) in [6.07, 6.45) is -2.45. The number of nitrogens with one attached hydrogen (secondary N) is 1. The van der Waals surface area contributed by atoms with Crippen molar-refractivity contribution in [3.8, 4) is 5.75 Å². The lowest BCUT2D eigenvalue weighted by Gasteiger charge is -2.06. The van der Waals surface area contributed by atoms with Crippen LogP contribution in [0.15, 0.2) is 18.2 Å². The molecule has 0 radical (unpaired) electrons. The standard InChI is InChI=1S/C10H12F2N2O3/c1-17-9-3-7(5-13-6-10(11)12)2-8(4-9)14(15)16/h2-4,10,13H,5-6H2,1H3. The van der Waals surface area contributed by atoms with Crippen LogP contribution in [0.25, 0.3) is 0 Å². The number of nitro groups is 1. The molecule has 0 aliphatic rings. The molecule has 0 amide bonds. The van der Waals surface area contributed by atoms with Crippen LogP contribution in [0.4, 0.5) is 14.5 Å². The number of alkyl halides is 2. The van der Waals surface area contributed by atoms with E-state index in [2.05, 4.69) is 5.32 Å². The number of hydrogen-bond acceptors (Lipinski definition) is 4. The normalized spacial score (nSPS) is 10.6. The van der Waals surface area contributed by atoms with E-state index in [0.717, 1.165) is 0 Å². The fourth-order valence-corrected chi connectivity index (χ4v) is 1.29. The van der Waals surface area contributed by atoms with Crippen molar-refractivity contribution in [2.75, 3.05) is 13.7 Å². The highest BCUT2D eigenvalue weighted by Crippen LogP contribution is 2.22. The van der Waals surface area contributed by atoms with Gasteiger partial charge >= 0.3 is 0 Å². The van der Waals surface area contributed by atoms with Gasteiger partial charge < -0.3 is 10.1 Å². The van der Waals surface area contributed by atoms with Gasteiger partial charge in [0.25, 0.3) is 12.1 Å². The quantitative estimate of drug-likeness (QED) is 0.615. The predicted octanol–water partition coefficient (Wildman–Crippen LogP) is 1.96. The Hall–Kier alpha value is -1.76. The Labute approximate surface area is 96.5 Å². The van der Waals surface area contributed by atoms with Crippen molar-refractivity contribution >= 4 is 5.69 Å². The Balaban J connectivity index is 2.76. The lowest BCUT2D eigenvalue weighted by Crippen LogP contribution is -2.20. The van der Waals surface area contributed by atoms with E-state index < -0.39 is 17.9 Å². The first-order valence-electron chi connectivity index (χ1n) is 4.84. The zero-order chi connectivity index (χ0) is 12.8. The second-order valence-electron chi connectivity index (χ2n) is 3.32. The molecule has 1 aromatic carbocycles. The van der Waals surface area contributed by atoms with E-state index in [1.165, 1.54) is 19.2 Å². The van der Waals surface area contributed by atoms with E-state index in [1.54, 1.807) is 6.07 Å². The van der Waals surface area contributed by atoms with Gasteiger partial charge in [0.15, 0.2) is 0 Å². The van der Waals surface area contributed by atoms with Gasteiger partial charge in [0, 0.05) is 12.6 Å². The summed E-state index contributed by atoms with van der Waals surface area (Å²) < 4.78 is 28.7. The zero-order valence-electron chi connectivity index (χ0n) is 9.15. The summed E-state index contributed by atoms with van der Waals surface area (Å²) in [4.78, 5) is 10.1. The minimum absolute atomic E-state index is 0.127. The summed E-state index contributed by atoms with van der Waals surface area (Å²) in [5.41, 5.74) is 0.398. The van der Waals surface area contributed by atoms with Crippen molar-refractivity contribution in [2.45, 2.75) is 13.0 Å². The smallest absolute Gasteiger partial charge is 0.273 e. The van der Waals surface area contributed by atoms with E-state index in [9.17, 15) is 18.9 Å². The van der Waals surface area contributed by atoms with Crippen LogP contribution in [0.3, 0.4) is 0 Å². The number of halogens is 2. The monoisotopic (exact) mass is 246 g/mol. The van der Waals surface area contributed by atoms with Crippen LogP contribution >= 0.6 is 0 Å². The van der Waals surface area contributed by atoms with E-state index in [-0.39, 0.29) is 12.2 Å². The topological polar surface area (TPSA) is 64.4 Å². The summed E-state index contributed by atoms with van der Waals surface area (Å²) >= 11 is 0. The first kappa shape index (κ1) is 13.3. The Morgan fingerprint density at radius 2 is 2.18 bits per heavy atom. The molecule has 0 unspecified atom stereocenters. The van der Waals surface area contributed by atoms with Crippen molar-refractivity contribution in [2.24, 2.45) is 0 Å². The van der Waals surface area contributed by atoms with Crippen LogP contribution in [-0.2, 0) is 6.54 Å². The summed E-state index contributed by atoms with van der Waals surface area (Å²) in [6, 6.07) is 4.16. The molecule has 1 rings (SSSR count). The largest absolute Gasteiger partial charge is 0.496 e. The maximum atomic E-state index is 11.9. The third-order valence-electron chi connectivity index (χ3n) is 2.03. The van der Waals surface area contributed by atoms with Crippen molar-refractivity contribution in [1.82, 2.24) is 5.32 Å². The third-order valence-corrected chi connectivity index (χ3v) is 2.03. The Morgan fingerprint density at radius 3 is 2.71 bits per heavy atom. The van der Waals surface area contributed by atoms with Gasteiger partial charge in [0.1, 0.15) is 5.75 Å². The first-order chi connectivity index (χ1) is 8.02. The van der Waals surface area contributed by atoms with Gasteiger partial charge in [-0.15, -0.1) is 0 Å². The molecule has 0 aliphatic carbocycles. The summed E-state index contributed by atoms with van der Waals surface area (Å²) in [7, 11) is 1.38. The Kier molecular flexibility index (Phi) is 4.77. The van der Waals surface area contributed by atoms with Crippen molar-refractivity contribution < 1.29 is 18.4 Å². The number of non-ortho nitro benzene ring substituents is 1. The molecule has 0 aromatic heterocycles. The van der Waals surface area contributed by atoms with Crippen molar-refractivity contribution in [1.29, 1.82) is 0 Å². The summed E-state index contributed by atoms with van der Waals surface area (Å²) in [5.74, 6) is 0.327. The molecule has 0 fully saturated rings. The van der Waals surface area contributed by atoms with Crippen LogP contribution in [0, 0.1) is 10.1 Å². The molecule has 1 aromatic rings. The molecule has 0 bridgehead atoms. The Morgan fingerprint density at radius 1 is 1.47 bits per heavy atom. The Bertz CT molecular complexity index is 399. The second-order valence-corrected chi connectivity index (χ2v) is 3.32. The molecule has 0 saturated carbocycles. The van der Waals surface area contributed by atoms with Crippen LogP contribution in [0.5, 0.6) is 5.75 Å². The lowest BCUT2D eigenvalue weighted by atomic mass is 10.2. The SMILES string of the molecule is COc1cc(CNCC(F)F)cc([N+](=O)[O-])c1. The van der Waals surface area contributed by atoms with E-state index in [0.29, 0.717) is 11.3 Å². The highest BCUT2D eigenvalue weighted by molar-refractivity contribution is 5.42. The number of rotatable bonds is 6. The number of nitrogens with zero attached hydrogens (tertiary/aromatic N) is 1. The summed E-state index contributed by atoms with van der Waals surface area (Å²) in [6.45, 7) is -0.326. The average Bonchev–Trinajstić information content (AvgIpc) is 2.28. The molecule has 5 nitrogen and oxygen atoms in total. The second kappa shape index (κ2) is 6.09. The van der Waals surface area contributed by atoms with Gasteiger partial charge in [-0.2, -0.15) is 0 Å². The van der Waals surface area contributed by atoms with Crippen molar-refractivity contribution in [3.05, 3.63) is 33.9 Å². The number of nitro benzene ring substituents is 1. The van der Waals surface area contributed by atoms with Gasteiger partial charge in [-0.05, 0) is 11.6 Å². The molecule has 0 spiro atoms. The third kappa shape index (κ3) is 4.31. The fourth-order valence-electron chi connectivity index (χ4n) is 1.29. The molecule has 94 valence electrons. The number of hydrogen-bond donors (Lipinski definition) is 1. The van der Waals surface area contributed by atoms with Gasteiger partial charge in [0.05, 0.1) is 24.6 Å². The fraction of sp³-hybridized carbons (Fsp3) is 0.400. The molecule has 0 saturated heterocycles. The average molecular weight is 246 g/mol. The molecule has 0 atom stereocenters. The molecular formula is C10H12F2N2O3. The van der Waals surface area contributed by atoms with E-state index in [1.807, 2.05) is 0 Å². The molecule has 0 aliphatic heterocycles. The number of ether oxygens (including phenoxy) is 1.